The summed E-state index contributed by atoms with van der Waals surface area (Å²) in [5.74, 6) is -2.35. The van der Waals surface area contributed by atoms with Crippen molar-refractivity contribution < 1.29 is 27.9 Å². The van der Waals surface area contributed by atoms with Crippen molar-refractivity contribution in [1.29, 1.82) is 0 Å². The van der Waals surface area contributed by atoms with Crippen molar-refractivity contribution in [2.24, 2.45) is 0 Å². The fourth-order valence-electron chi connectivity index (χ4n) is 1.41. The second kappa shape index (κ2) is 6.21. The highest BCUT2D eigenvalue weighted by Crippen LogP contribution is 2.17. The lowest BCUT2D eigenvalue weighted by Gasteiger charge is -2.22. The summed E-state index contributed by atoms with van der Waals surface area (Å²) in [7, 11) is 0. The van der Waals surface area contributed by atoms with E-state index in [1.54, 1.807) is 6.20 Å². The molecule has 0 unspecified atom stereocenters. The predicted molar refractivity (Wildman–Crippen MR) is 57.1 cm³/mol. The summed E-state index contributed by atoms with van der Waals surface area (Å²) in [4.78, 5) is 26.0. The van der Waals surface area contributed by atoms with Gasteiger partial charge in [-0.3, -0.25) is 9.59 Å². The van der Waals surface area contributed by atoms with E-state index in [4.69, 9.17) is 5.11 Å². The maximum Gasteiger partial charge on any atom is 0.406 e. The number of carboxylic acid groups (broad SMARTS) is 1. The van der Waals surface area contributed by atoms with E-state index in [9.17, 15) is 22.8 Å². The molecule has 9 heteroatoms. The van der Waals surface area contributed by atoms with Gasteiger partial charge in [-0.25, -0.2) is 4.98 Å². The fourth-order valence-corrected chi connectivity index (χ4v) is 1.41. The maximum absolute atomic E-state index is 12.2. The molecule has 19 heavy (non-hydrogen) atoms. The summed E-state index contributed by atoms with van der Waals surface area (Å²) >= 11 is 0. The number of nitrogens with zero attached hydrogens (tertiary/aromatic N) is 3. The van der Waals surface area contributed by atoms with Crippen LogP contribution in [-0.4, -0.2) is 50.7 Å². The Labute approximate surface area is 106 Å². The van der Waals surface area contributed by atoms with Crippen molar-refractivity contribution in [2.75, 3.05) is 13.1 Å². The second-order valence-electron chi connectivity index (χ2n) is 3.81. The van der Waals surface area contributed by atoms with Gasteiger partial charge in [0, 0.05) is 25.4 Å². The highest BCUT2D eigenvalue weighted by Gasteiger charge is 2.33. The Morgan fingerprint density at radius 1 is 1.37 bits per heavy atom. The van der Waals surface area contributed by atoms with Crippen LogP contribution in [-0.2, 0) is 16.1 Å². The Balaban J connectivity index is 2.57. The Kier molecular flexibility index (Phi) is 4.90. The molecule has 0 bridgehead atoms. The predicted octanol–water partition coefficient (Wildman–Crippen LogP) is 0.749. The minimum absolute atomic E-state index is 0.146. The van der Waals surface area contributed by atoms with E-state index >= 15 is 0 Å². The third-order valence-electron chi connectivity index (χ3n) is 2.19. The zero-order valence-electron chi connectivity index (χ0n) is 9.80. The molecular formula is C10H12F3N3O3. The van der Waals surface area contributed by atoms with Crippen LogP contribution in [0, 0.1) is 0 Å². The maximum atomic E-state index is 12.2. The largest absolute Gasteiger partial charge is 0.480 e. The zero-order valence-corrected chi connectivity index (χ0v) is 9.80. The van der Waals surface area contributed by atoms with Gasteiger partial charge in [0.15, 0.2) is 0 Å². The van der Waals surface area contributed by atoms with Crippen molar-refractivity contribution in [3.63, 3.8) is 0 Å². The number of aromatic nitrogens is 2. The Morgan fingerprint density at radius 2 is 2.05 bits per heavy atom. The van der Waals surface area contributed by atoms with E-state index in [1.165, 1.54) is 17.1 Å². The lowest BCUT2D eigenvalue weighted by Crippen LogP contribution is -2.42. The van der Waals surface area contributed by atoms with Gasteiger partial charge in [-0.05, 0) is 0 Å². The minimum atomic E-state index is -4.62. The average molecular weight is 279 g/mol. The molecule has 0 saturated carbocycles. The van der Waals surface area contributed by atoms with Gasteiger partial charge in [-0.15, -0.1) is 0 Å². The normalized spacial score (nSPS) is 11.3. The van der Waals surface area contributed by atoms with E-state index < -0.39 is 31.1 Å². The molecule has 0 atom stereocenters. The van der Waals surface area contributed by atoms with Crippen LogP contribution < -0.4 is 0 Å². The van der Waals surface area contributed by atoms with Gasteiger partial charge in [0.2, 0.25) is 5.91 Å². The second-order valence-corrected chi connectivity index (χ2v) is 3.81. The van der Waals surface area contributed by atoms with Crippen LogP contribution in [0.15, 0.2) is 18.7 Å². The Hall–Kier alpha value is -2.06. The molecular weight excluding hydrogens is 267 g/mol. The molecule has 1 heterocycles. The molecule has 0 fully saturated rings. The van der Waals surface area contributed by atoms with E-state index in [-0.39, 0.29) is 17.9 Å². The number of hydrogen-bond donors (Lipinski definition) is 1. The smallest absolute Gasteiger partial charge is 0.406 e. The van der Waals surface area contributed by atoms with E-state index in [1.807, 2.05) is 0 Å². The first-order valence-corrected chi connectivity index (χ1v) is 5.30. The molecule has 0 aliphatic rings. The molecule has 1 aromatic heterocycles. The van der Waals surface area contributed by atoms with Crippen LogP contribution in [0.2, 0.25) is 0 Å². The van der Waals surface area contributed by atoms with Crippen molar-refractivity contribution in [1.82, 2.24) is 14.5 Å². The standard InChI is InChI=1S/C10H12F3N3O3/c11-10(12,13)6-16(5-9(18)19)8(17)1-3-15-4-2-14-7-15/h2,4,7H,1,3,5-6H2,(H,18,19). The third-order valence-corrected chi connectivity index (χ3v) is 2.19. The molecule has 0 aliphatic heterocycles. The van der Waals surface area contributed by atoms with Gasteiger partial charge in [-0.2, -0.15) is 13.2 Å². The summed E-state index contributed by atoms with van der Waals surface area (Å²) in [6.07, 6.45) is -0.411. The van der Waals surface area contributed by atoms with Gasteiger partial charge < -0.3 is 14.6 Å². The van der Waals surface area contributed by atoms with Crippen LogP contribution in [0.4, 0.5) is 13.2 Å². The van der Waals surface area contributed by atoms with E-state index in [2.05, 4.69) is 4.98 Å². The van der Waals surface area contributed by atoms with Gasteiger partial charge in [0.05, 0.1) is 6.33 Å². The first kappa shape index (κ1) is 15.0. The van der Waals surface area contributed by atoms with Gasteiger partial charge in [0.1, 0.15) is 13.1 Å². The van der Waals surface area contributed by atoms with Gasteiger partial charge in [0.25, 0.3) is 0 Å². The molecule has 1 rings (SSSR count). The molecule has 1 amide bonds. The summed E-state index contributed by atoms with van der Waals surface area (Å²) in [6, 6.07) is 0. The van der Waals surface area contributed by atoms with Crippen LogP contribution >= 0.6 is 0 Å². The van der Waals surface area contributed by atoms with Crippen molar-refractivity contribution in [3.8, 4) is 0 Å². The number of halogens is 3. The molecule has 0 saturated heterocycles. The minimum Gasteiger partial charge on any atom is -0.480 e. The SMILES string of the molecule is O=C(O)CN(CC(F)(F)F)C(=O)CCn1ccnc1. The van der Waals surface area contributed by atoms with Crippen molar-refractivity contribution >= 4 is 11.9 Å². The molecule has 1 N–H and O–H groups in total. The highest BCUT2D eigenvalue weighted by molar-refractivity contribution is 5.81. The molecule has 1 aromatic rings. The quantitative estimate of drug-likeness (QED) is 0.833. The molecule has 0 radical (unpaired) electrons. The Bertz CT molecular complexity index is 431. The van der Waals surface area contributed by atoms with E-state index in [0.29, 0.717) is 0 Å². The highest BCUT2D eigenvalue weighted by atomic mass is 19.4. The lowest BCUT2D eigenvalue weighted by molar-refractivity contribution is -0.165. The topological polar surface area (TPSA) is 75.4 Å². The molecule has 6 nitrogen and oxygen atoms in total. The number of aliphatic carboxylic acids is 1. The number of imidazole rings is 1. The number of hydrogen-bond acceptors (Lipinski definition) is 3. The number of aryl methyl sites for hydroxylation is 1. The van der Waals surface area contributed by atoms with Crippen LogP contribution in [0.25, 0.3) is 0 Å². The average Bonchev–Trinajstić information content (AvgIpc) is 2.75. The monoisotopic (exact) mass is 279 g/mol. The first-order chi connectivity index (χ1) is 8.78. The molecule has 0 spiro atoms. The van der Waals surface area contributed by atoms with Crippen molar-refractivity contribution in [2.45, 2.75) is 19.1 Å². The van der Waals surface area contributed by atoms with Crippen LogP contribution in [0.1, 0.15) is 6.42 Å². The number of carboxylic acids is 1. The first-order valence-electron chi connectivity index (χ1n) is 5.30. The van der Waals surface area contributed by atoms with Crippen LogP contribution in [0.3, 0.4) is 0 Å². The summed E-state index contributed by atoms with van der Waals surface area (Å²) in [6.45, 7) is -2.39. The fraction of sp³-hybridized carbons (Fsp3) is 0.500. The van der Waals surface area contributed by atoms with Crippen LogP contribution in [0.5, 0.6) is 0 Å². The Morgan fingerprint density at radius 3 is 2.53 bits per heavy atom. The van der Waals surface area contributed by atoms with E-state index in [0.717, 1.165) is 0 Å². The number of amides is 1. The van der Waals surface area contributed by atoms with Gasteiger partial charge in [-0.1, -0.05) is 0 Å². The number of carbonyl (C=O) groups is 2. The number of alkyl halides is 3. The van der Waals surface area contributed by atoms with Crippen molar-refractivity contribution in [3.05, 3.63) is 18.7 Å². The lowest BCUT2D eigenvalue weighted by atomic mass is 10.3. The number of carbonyl (C=O) groups excluding carboxylic acids is 1. The summed E-state index contributed by atoms with van der Waals surface area (Å²) in [5.41, 5.74) is 0. The summed E-state index contributed by atoms with van der Waals surface area (Å²) < 4.78 is 38.2. The third kappa shape index (κ3) is 5.89. The molecule has 0 aromatic carbocycles. The molecule has 106 valence electrons. The summed E-state index contributed by atoms with van der Waals surface area (Å²) in [5, 5.41) is 8.51. The number of rotatable bonds is 6. The molecule has 0 aliphatic carbocycles. The zero-order chi connectivity index (χ0) is 14.5. The van der Waals surface area contributed by atoms with Gasteiger partial charge >= 0.3 is 12.1 Å².